The molecule has 2 N–H and O–H groups in total. The minimum atomic E-state index is -3.05. The highest BCUT2D eigenvalue weighted by atomic mass is 32.2. The van der Waals surface area contributed by atoms with Crippen LogP contribution in [0.5, 0.6) is 0 Å². The minimum absolute atomic E-state index is 0.00151. The van der Waals surface area contributed by atoms with Gasteiger partial charge in [-0.05, 0) is 44.0 Å². The van der Waals surface area contributed by atoms with Crippen molar-refractivity contribution in [1.82, 2.24) is 10.6 Å². The second kappa shape index (κ2) is 6.58. The topological polar surface area (TPSA) is 75.3 Å². The van der Waals surface area contributed by atoms with Crippen molar-refractivity contribution in [3.8, 4) is 0 Å². The largest absolute Gasteiger partial charge is 0.348 e. The fourth-order valence-corrected chi connectivity index (χ4v) is 3.35. The van der Waals surface area contributed by atoms with Crippen LogP contribution >= 0.6 is 0 Å². The highest BCUT2D eigenvalue weighted by Crippen LogP contribution is 2.11. The number of rotatable bonds is 4. The molecule has 1 heterocycles. The van der Waals surface area contributed by atoms with E-state index in [2.05, 4.69) is 17.6 Å². The third kappa shape index (κ3) is 4.82. The molecule has 6 heteroatoms. The Hall–Kier alpha value is -1.40. The van der Waals surface area contributed by atoms with Crippen molar-refractivity contribution in [2.45, 2.75) is 37.6 Å². The van der Waals surface area contributed by atoms with Crippen LogP contribution in [0.25, 0.3) is 0 Å². The quantitative estimate of drug-likeness (QED) is 0.873. The van der Waals surface area contributed by atoms with Crippen LogP contribution in [0.1, 0.15) is 35.7 Å². The molecular weight excluding hydrogens is 288 g/mol. The predicted octanol–water partition coefficient (Wildman–Crippen LogP) is 1.10. The summed E-state index contributed by atoms with van der Waals surface area (Å²) in [5, 5.41) is 6.38. The molecule has 0 aliphatic carbocycles. The molecule has 2 atom stereocenters. The van der Waals surface area contributed by atoms with Crippen LogP contribution in [-0.4, -0.2) is 39.2 Å². The first-order valence-corrected chi connectivity index (χ1v) is 9.22. The molecule has 1 saturated heterocycles. The van der Waals surface area contributed by atoms with Crippen molar-refractivity contribution in [3.63, 3.8) is 0 Å². The molecule has 5 nitrogen and oxygen atoms in total. The van der Waals surface area contributed by atoms with Gasteiger partial charge in [-0.2, -0.15) is 0 Å². The van der Waals surface area contributed by atoms with Gasteiger partial charge in [0.2, 0.25) is 0 Å². The fraction of sp³-hybridized carbons (Fsp3) is 0.533. The Morgan fingerprint density at radius 1 is 1.33 bits per heavy atom. The Labute approximate surface area is 126 Å². The second-order valence-electron chi connectivity index (χ2n) is 5.73. The van der Waals surface area contributed by atoms with E-state index in [9.17, 15) is 13.2 Å². The Morgan fingerprint density at radius 3 is 2.57 bits per heavy atom. The van der Waals surface area contributed by atoms with Gasteiger partial charge in [0.15, 0.2) is 9.84 Å². The van der Waals surface area contributed by atoms with Gasteiger partial charge in [-0.1, -0.05) is 12.1 Å². The molecule has 21 heavy (non-hydrogen) atoms. The van der Waals surface area contributed by atoms with Crippen LogP contribution in [-0.2, 0) is 15.6 Å². The summed E-state index contributed by atoms with van der Waals surface area (Å²) in [6.45, 7) is 3.06. The van der Waals surface area contributed by atoms with Crippen molar-refractivity contribution in [2.75, 3.05) is 12.8 Å². The van der Waals surface area contributed by atoms with Gasteiger partial charge in [-0.15, -0.1) is 0 Å². The predicted molar refractivity (Wildman–Crippen MR) is 82.9 cm³/mol. The zero-order valence-corrected chi connectivity index (χ0v) is 13.2. The van der Waals surface area contributed by atoms with Gasteiger partial charge in [-0.25, -0.2) is 8.42 Å². The summed E-state index contributed by atoms with van der Waals surface area (Å²) in [6.07, 6.45) is 3.24. The van der Waals surface area contributed by atoms with Crippen molar-refractivity contribution in [1.29, 1.82) is 0 Å². The summed E-state index contributed by atoms with van der Waals surface area (Å²) < 4.78 is 22.5. The Morgan fingerprint density at radius 2 is 2.00 bits per heavy atom. The number of carbonyl (C=O) groups is 1. The van der Waals surface area contributed by atoms with Crippen LogP contribution in [0, 0.1) is 0 Å². The molecule has 1 aromatic carbocycles. The van der Waals surface area contributed by atoms with Crippen LogP contribution in [0.3, 0.4) is 0 Å². The summed E-state index contributed by atoms with van der Waals surface area (Å²) >= 11 is 0. The second-order valence-corrected chi connectivity index (χ2v) is 7.87. The van der Waals surface area contributed by atoms with Crippen LogP contribution < -0.4 is 10.6 Å². The summed E-state index contributed by atoms with van der Waals surface area (Å²) in [5.74, 6) is -0.111. The maximum atomic E-state index is 12.2. The first-order valence-electron chi connectivity index (χ1n) is 7.16. The van der Waals surface area contributed by atoms with E-state index in [1.165, 1.54) is 6.26 Å². The molecular formula is C15H22N2O3S. The summed E-state index contributed by atoms with van der Waals surface area (Å²) in [6, 6.07) is 7.15. The molecule has 2 rings (SSSR count). The van der Waals surface area contributed by atoms with Gasteiger partial charge in [0.1, 0.15) is 0 Å². The molecule has 0 radical (unpaired) electrons. The fourth-order valence-electron chi connectivity index (χ4n) is 2.55. The molecule has 0 saturated carbocycles. The summed E-state index contributed by atoms with van der Waals surface area (Å²) in [4.78, 5) is 12.2. The van der Waals surface area contributed by atoms with E-state index in [0.29, 0.717) is 11.1 Å². The number of sulfone groups is 1. The van der Waals surface area contributed by atoms with Crippen LogP contribution in [0.15, 0.2) is 24.3 Å². The Balaban J connectivity index is 1.99. The van der Waals surface area contributed by atoms with Gasteiger partial charge in [0.25, 0.3) is 5.91 Å². The van der Waals surface area contributed by atoms with Gasteiger partial charge >= 0.3 is 0 Å². The van der Waals surface area contributed by atoms with E-state index < -0.39 is 9.84 Å². The number of carbonyl (C=O) groups excluding carboxylic acids is 1. The molecule has 0 spiro atoms. The molecule has 1 fully saturated rings. The lowest BCUT2D eigenvalue weighted by Gasteiger charge is -2.30. The molecule has 1 aromatic rings. The van der Waals surface area contributed by atoms with Crippen molar-refractivity contribution in [3.05, 3.63) is 35.4 Å². The lowest BCUT2D eigenvalue weighted by Crippen LogP contribution is -2.51. The number of hydrogen-bond acceptors (Lipinski definition) is 4. The zero-order chi connectivity index (χ0) is 15.5. The SMILES string of the molecule is CC1NCCCC1NC(=O)c1ccc(CS(C)(=O)=O)cc1. The molecule has 1 amide bonds. The van der Waals surface area contributed by atoms with Crippen LogP contribution in [0.2, 0.25) is 0 Å². The van der Waals surface area contributed by atoms with Gasteiger partial charge in [0.05, 0.1) is 5.75 Å². The Bertz CT molecular complexity index is 596. The maximum absolute atomic E-state index is 12.2. The molecule has 0 aromatic heterocycles. The van der Waals surface area contributed by atoms with E-state index in [4.69, 9.17) is 0 Å². The standard InChI is InChI=1S/C15H22N2O3S/c1-11-14(4-3-9-16-11)17-15(18)13-7-5-12(6-8-13)10-21(2,19)20/h5-8,11,14,16H,3-4,9-10H2,1-2H3,(H,17,18). The normalized spacial score (nSPS) is 22.8. The maximum Gasteiger partial charge on any atom is 0.251 e. The monoisotopic (exact) mass is 310 g/mol. The van der Waals surface area contributed by atoms with E-state index in [0.717, 1.165) is 19.4 Å². The molecule has 0 bridgehead atoms. The van der Waals surface area contributed by atoms with E-state index in [1.807, 2.05) is 0 Å². The number of benzene rings is 1. The molecule has 2 unspecified atom stereocenters. The van der Waals surface area contributed by atoms with Crippen molar-refractivity contribution < 1.29 is 13.2 Å². The van der Waals surface area contributed by atoms with Gasteiger partial charge < -0.3 is 10.6 Å². The number of amides is 1. The van der Waals surface area contributed by atoms with Gasteiger partial charge in [0, 0.05) is 23.9 Å². The van der Waals surface area contributed by atoms with Gasteiger partial charge in [-0.3, -0.25) is 4.79 Å². The number of nitrogens with one attached hydrogen (secondary N) is 2. The van der Waals surface area contributed by atoms with E-state index in [-0.39, 0.29) is 23.7 Å². The average molecular weight is 310 g/mol. The van der Waals surface area contributed by atoms with Crippen LogP contribution in [0.4, 0.5) is 0 Å². The first kappa shape index (κ1) is 16.0. The lowest BCUT2D eigenvalue weighted by molar-refractivity contribution is 0.0920. The molecule has 1 aliphatic rings. The number of hydrogen-bond donors (Lipinski definition) is 2. The third-order valence-corrected chi connectivity index (χ3v) is 4.58. The average Bonchev–Trinajstić information content (AvgIpc) is 2.40. The zero-order valence-electron chi connectivity index (χ0n) is 12.4. The molecule has 1 aliphatic heterocycles. The Kier molecular flexibility index (Phi) is 5.00. The van der Waals surface area contributed by atoms with Crippen molar-refractivity contribution >= 4 is 15.7 Å². The highest BCUT2D eigenvalue weighted by Gasteiger charge is 2.22. The lowest BCUT2D eigenvalue weighted by atomic mass is 9.99. The van der Waals surface area contributed by atoms with E-state index in [1.54, 1.807) is 24.3 Å². The summed E-state index contributed by atoms with van der Waals surface area (Å²) in [5.41, 5.74) is 1.26. The smallest absolute Gasteiger partial charge is 0.251 e. The number of piperidine rings is 1. The minimum Gasteiger partial charge on any atom is -0.348 e. The summed E-state index contributed by atoms with van der Waals surface area (Å²) in [7, 11) is -3.05. The highest BCUT2D eigenvalue weighted by molar-refractivity contribution is 7.89. The third-order valence-electron chi connectivity index (χ3n) is 3.72. The molecule has 116 valence electrons. The first-order chi connectivity index (χ1) is 9.85. The van der Waals surface area contributed by atoms with E-state index >= 15 is 0 Å². The van der Waals surface area contributed by atoms with Crippen molar-refractivity contribution in [2.24, 2.45) is 0 Å².